The molecule has 5 heteroatoms. The highest BCUT2D eigenvalue weighted by molar-refractivity contribution is 7.25. The summed E-state index contributed by atoms with van der Waals surface area (Å²) in [7, 11) is 0. The lowest BCUT2D eigenvalue weighted by Gasteiger charge is -2.13. The molecule has 0 fully saturated rings. The normalized spacial score (nSPS) is 12.0. The van der Waals surface area contributed by atoms with Gasteiger partial charge in [0.15, 0.2) is 0 Å². The highest BCUT2D eigenvalue weighted by Crippen LogP contribution is 2.46. The van der Waals surface area contributed by atoms with Gasteiger partial charge in [0.25, 0.3) is 0 Å². The Labute approximate surface area is 319 Å². The minimum atomic E-state index is 0.612. The molecule has 0 atom stereocenters. The largest absolute Gasteiger partial charge is 0.455 e. The number of fused-ring (bicyclic) bond motifs is 13. The fourth-order valence-electron chi connectivity index (χ4n) is 8.51. The third kappa shape index (κ3) is 4.57. The maximum atomic E-state index is 6.76. The van der Waals surface area contributed by atoms with E-state index in [-0.39, 0.29) is 0 Å². The molecule has 0 aliphatic carbocycles. The molecule has 0 aliphatic rings. The monoisotopic (exact) mass is 719 g/mol. The summed E-state index contributed by atoms with van der Waals surface area (Å²) in [5.74, 6) is 0.612. The van der Waals surface area contributed by atoms with Crippen molar-refractivity contribution < 1.29 is 4.42 Å². The third-order valence-corrected chi connectivity index (χ3v) is 12.2. The molecule has 0 aliphatic heterocycles. The summed E-state index contributed by atoms with van der Waals surface area (Å²) in [4.78, 5) is 10.9. The van der Waals surface area contributed by atoms with E-state index in [1.165, 1.54) is 25.7 Å². The lowest BCUT2D eigenvalue weighted by atomic mass is 9.98. The van der Waals surface area contributed by atoms with Crippen LogP contribution >= 0.6 is 11.3 Å². The van der Waals surface area contributed by atoms with Crippen molar-refractivity contribution in [3.05, 3.63) is 176 Å². The van der Waals surface area contributed by atoms with Crippen molar-refractivity contribution in [1.82, 2.24) is 14.5 Å². The molecule has 0 saturated heterocycles. The summed E-state index contributed by atoms with van der Waals surface area (Å²) in [6.45, 7) is 0. The lowest BCUT2D eigenvalue weighted by Crippen LogP contribution is -2.04. The molecule has 55 heavy (non-hydrogen) atoms. The van der Waals surface area contributed by atoms with Crippen molar-refractivity contribution in [1.29, 1.82) is 0 Å². The molecule has 4 nitrogen and oxygen atoms in total. The first-order valence-corrected chi connectivity index (χ1v) is 19.3. The van der Waals surface area contributed by atoms with Crippen LogP contribution in [0.4, 0.5) is 0 Å². The van der Waals surface area contributed by atoms with E-state index in [0.29, 0.717) is 5.95 Å². The van der Waals surface area contributed by atoms with Gasteiger partial charge in [0, 0.05) is 52.8 Å². The molecule has 0 amide bonds. The second-order valence-electron chi connectivity index (χ2n) is 14.1. The number of benzene rings is 8. The van der Waals surface area contributed by atoms with Gasteiger partial charge in [-0.1, -0.05) is 133 Å². The van der Waals surface area contributed by atoms with Gasteiger partial charge in [0.2, 0.25) is 5.95 Å². The van der Waals surface area contributed by atoms with Gasteiger partial charge in [-0.05, 0) is 59.0 Å². The first-order valence-electron chi connectivity index (χ1n) is 18.5. The molecule has 0 saturated carbocycles. The van der Waals surface area contributed by atoms with Crippen LogP contribution in [0.15, 0.2) is 180 Å². The average molecular weight is 720 g/mol. The zero-order chi connectivity index (χ0) is 36.0. The number of hydrogen-bond donors (Lipinski definition) is 0. The van der Waals surface area contributed by atoms with E-state index in [0.717, 1.165) is 82.6 Å². The SMILES string of the molecule is c1ccc(-c2ccc3c(c2)c2c4ccccc4c4oc5ccccc5c4c2n3-c2nc(-c3ccccc3)cc(-c3ccc4sc5ccccc5c4c3)n2)cc1. The Morgan fingerprint density at radius 3 is 1.85 bits per heavy atom. The van der Waals surface area contributed by atoms with Crippen LogP contribution in [0.1, 0.15) is 0 Å². The van der Waals surface area contributed by atoms with E-state index in [1.807, 2.05) is 23.5 Å². The van der Waals surface area contributed by atoms with Crippen LogP contribution in [0.5, 0.6) is 0 Å². The molecule has 0 N–H and O–H groups in total. The Morgan fingerprint density at radius 1 is 0.418 bits per heavy atom. The Balaban J connectivity index is 1.24. The van der Waals surface area contributed by atoms with Gasteiger partial charge < -0.3 is 4.42 Å². The number of rotatable bonds is 4. The molecule has 256 valence electrons. The molecule has 0 bridgehead atoms. The van der Waals surface area contributed by atoms with Crippen LogP contribution in [0, 0.1) is 0 Å². The molecule has 0 unspecified atom stereocenters. The highest BCUT2D eigenvalue weighted by Gasteiger charge is 2.25. The van der Waals surface area contributed by atoms with Crippen molar-refractivity contribution in [2.75, 3.05) is 0 Å². The van der Waals surface area contributed by atoms with Crippen LogP contribution in [-0.2, 0) is 0 Å². The number of hydrogen-bond acceptors (Lipinski definition) is 4. The fraction of sp³-hybridized carbons (Fsp3) is 0. The summed E-state index contributed by atoms with van der Waals surface area (Å²) in [5.41, 5.74) is 9.93. The third-order valence-electron chi connectivity index (χ3n) is 11.0. The maximum Gasteiger partial charge on any atom is 0.235 e. The van der Waals surface area contributed by atoms with E-state index < -0.39 is 0 Å². The van der Waals surface area contributed by atoms with Crippen molar-refractivity contribution in [3.8, 4) is 39.6 Å². The minimum Gasteiger partial charge on any atom is -0.455 e. The Kier molecular flexibility index (Phi) is 6.47. The van der Waals surface area contributed by atoms with Gasteiger partial charge in [-0.15, -0.1) is 11.3 Å². The van der Waals surface area contributed by atoms with Crippen LogP contribution in [0.25, 0.3) is 114 Å². The van der Waals surface area contributed by atoms with Gasteiger partial charge in [0.1, 0.15) is 11.2 Å². The van der Waals surface area contributed by atoms with Gasteiger partial charge in [-0.2, -0.15) is 0 Å². The lowest BCUT2D eigenvalue weighted by molar-refractivity contribution is 0.673. The topological polar surface area (TPSA) is 43.9 Å². The van der Waals surface area contributed by atoms with Gasteiger partial charge in [0.05, 0.1) is 27.8 Å². The zero-order valence-corrected chi connectivity index (χ0v) is 30.2. The average Bonchev–Trinajstić information content (AvgIpc) is 3.94. The summed E-state index contributed by atoms with van der Waals surface area (Å²) in [6.07, 6.45) is 0. The van der Waals surface area contributed by atoms with Crippen molar-refractivity contribution in [2.45, 2.75) is 0 Å². The summed E-state index contributed by atoms with van der Waals surface area (Å²) in [5, 5.41) is 9.14. The zero-order valence-electron chi connectivity index (χ0n) is 29.4. The quantitative estimate of drug-likeness (QED) is 0.182. The first-order chi connectivity index (χ1) is 27.3. The Hall–Kier alpha value is -7.08. The van der Waals surface area contributed by atoms with Gasteiger partial charge in [-0.3, -0.25) is 4.57 Å². The molecule has 8 aromatic carbocycles. The van der Waals surface area contributed by atoms with Crippen LogP contribution in [-0.4, -0.2) is 14.5 Å². The van der Waals surface area contributed by atoms with E-state index in [4.69, 9.17) is 14.4 Å². The predicted molar refractivity (Wildman–Crippen MR) is 230 cm³/mol. The number of thiophene rings is 1. The smallest absolute Gasteiger partial charge is 0.235 e. The number of para-hydroxylation sites is 1. The number of nitrogens with zero attached hydrogens (tertiary/aromatic N) is 3. The second-order valence-corrected chi connectivity index (χ2v) is 15.2. The Morgan fingerprint density at radius 2 is 1.04 bits per heavy atom. The number of furan rings is 1. The van der Waals surface area contributed by atoms with Crippen molar-refractivity contribution >= 4 is 86.0 Å². The van der Waals surface area contributed by atoms with Gasteiger partial charge in [-0.25, -0.2) is 9.97 Å². The predicted octanol–water partition coefficient (Wildman–Crippen LogP) is 14.0. The molecule has 4 aromatic heterocycles. The molecular formula is C50H29N3OS. The maximum absolute atomic E-state index is 6.76. The van der Waals surface area contributed by atoms with Crippen molar-refractivity contribution in [3.63, 3.8) is 0 Å². The summed E-state index contributed by atoms with van der Waals surface area (Å²) >= 11 is 1.83. The molecule has 12 aromatic rings. The van der Waals surface area contributed by atoms with Crippen molar-refractivity contribution in [2.24, 2.45) is 0 Å². The number of aromatic nitrogens is 3. The second kappa shape index (κ2) is 11.7. The standard InChI is InChI=1S/C50H29N3OS/c1-3-13-30(14-4-1)32-23-25-42-39(27-32)46-35-18-7-8-19-36(35)49-47(37-20-9-11-21-43(37)54-49)48(46)53(42)50-51-40(31-15-5-2-6-16-31)29-41(52-50)33-24-26-45-38(28-33)34-17-10-12-22-44(34)55-45/h1-29H. The van der Waals surface area contributed by atoms with Crippen LogP contribution < -0.4 is 0 Å². The van der Waals surface area contributed by atoms with E-state index in [1.54, 1.807) is 0 Å². The Bertz CT molecular complexity index is 3490. The van der Waals surface area contributed by atoms with Crippen LogP contribution in [0.3, 0.4) is 0 Å². The van der Waals surface area contributed by atoms with Gasteiger partial charge >= 0.3 is 0 Å². The fourth-order valence-corrected chi connectivity index (χ4v) is 9.60. The summed E-state index contributed by atoms with van der Waals surface area (Å²) < 4.78 is 11.6. The molecular weight excluding hydrogens is 691 g/mol. The summed E-state index contributed by atoms with van der Waals surface area (Å²) in [6, 6.07) is 62.3. The molecule has 0 radical (unpaired) electrons. The molecule has 4 heterocycles. The first kappa shape index (κ1) is 30.4. The minimum absolute atomic E-state index is 0.612. The van der Waals surface area contributed by atoms with E-state index in [2.05, 4.69) is 168 Å². The van der Waals surface area contributed by atoms with Crippen LogP contribution in [0.2, 0.25) is 0 Å². The molecule has 0 spiro atoms. The van der Waals surface area contributed by atoms with E-state index in [9.17, 15) is 0 Å². The van der Waals surface area contributed by atoms with E-state index >= 15 is 0 Å². The highest BCUT2D eigenvalue weighted by atomic mass is 32.1. The molecule has 12 rings (SSSR count).